The van der Waals surface area contributed by atoms with Crippen LogP contribution in [0.1, 0.15) is 16.7 Å². The first-order valence-corrected chi connectivity index (χ1v) is 11.9. The van der Waals surface area contributed by atoms with Crippen LogP contribution in [0, 0.1) is 10.1 Å². The lowest BCUT2D eigenvalue weighted by Crippen LogP contribution is -2.27. The second kappa shape index (κ2) is 10.4. The minimum absolute atomic E-state index is 0.136. The second-order valence-corrected chi connectivity index (χ2v) is 9.54. The highest BCUT2D eigenvalue weighted by molar-refractivity contribution is 9.10. The number of rotatable bonds is 7. The van der Waals surface area contributed by atoms with Crippen molar-refractivity contribution in [2.45, 2.75) is 13.2 Å². The Morgan fingerprint density at radius 3 is 2.53 bits per heavy atom. The van der Waals surface area contributed by atoms with Gasteiger partial charge in [-0.25, -0.2) is 0 Å². The predicted molar refractivity (Wildman–Crippen MR) is 135 cm³/mol. The van der Waals surface area contributed by atoms with Gasteiger partial charge in [-0.1, -0.05) is 48.0 Å². The van der Waals surface area contributed by atoms with E-state index in [0.29, 0.717) is 33.0 Å². The third-order valence-electron chi connectivity index (χ3n) is 4.95. The molecule has 1 fully saturated rings. The van der Waals surface area contributed by atoms with E-state index in [4.69, 9.17) is 16.3 Å². The molecular weight excluding hydrogens is 544 g/mol. The van der Waals surface area contributed by atoms with Crippen molar-refractivity contribution in [2.75, 3.05) is 0 Å². The zero-order chi connectivity index (χ0) is 24.2. The van der Waals surface area contributed by atoms with Crippen LogP contribution in [-0.2, 0) is 17.9 Å². The van der Waals surface area contributed by atoms with Gasteiger partial charge in [0.05, 0.1) is 20.8 Å². The summed E-state index contributed by atoms with van der Waals surface area (Å²) in [6.45, 7) is 0.194. The van der Waals surface area contributed by atoms with Crippen LogP contribution in [-0.4, -0.2) is 21.0 Å². The summed E-state index contributed by atoms with van der Waals surface area (Å²) in [7, 11) is 0. The van der Waals surface area contributed by atoms with Gasteiger partial charge in [0.25, 0.3) is 16.8 Å². The van der Waals surface area contributed by atoms with Crippen LogP contribution in [0.5, 0.6) is 5.75 Å². The van der Waals surface area contributed by atoms with Gasteiger partial charge in [-0.2, -0.15) is 0 Å². The molecule has 7 nitrogen and oxygen atoms in total. The Morgan fingerprint density at radius 2 is 1.82 bits per heavy atom. The molecule has 2 amide bonds. The molecule has 0 N–H and O–H groups in total. The van der Waals surface area contributed by atoms with E-state index in [0.717, 1.165) is 22.2 Å². The summed E-state index contributed by atoms with van der Waals surface area (Å²) in [5, 5.41) is 11.4. The number of imide groups is 1. The van der Waals surface area contributed by atoms with Gasteiger partial charge in [0.15, 0.2) is 0 Å². The molecule has 34 heavy (non-hydrogen) atoms. The Labute approximate surface area is 212 Å². The number of thioether (sulfide) groups is 1. The van der Waals surface area contributed by atoms with Gasteiger partial charge in [-0.05, 0) is 69.2 Å². The van der Waals surface area contributed by atoms with E-state index >= 15 is 0 Å². The first-order valence-electron chi connectivity index (χ1n) is 9.96. The topological polar surface area (TPSA) is 89.8 Å². The third-order valence-corrected chi connectivity index (χ3v) is 6.73. The molecule has 0 aliphatic carbocycles. The third kappa shape index (κ3) is 5.49. The Balaban J connectivity index is 1.47. The van der Waals surface area contributed by atoms with Crippen LogP contribution in [0.25, 0.3) is 6.08 Å². The number of halogens is 2. The molecule has 3 aromatic carbocycles. The van der Waals surface area contributed by atoms with Gasteiger partial charge >= 0.3 is 0 Å². The van der Waals surface area contributed by atoms with E-state index < -0.39 is 16.1 Å². The summed E-state index contributed by atoms with van der Waals surface area (Å²) in [6.07, 6.45) is 1.61. The van der Waals surface area contributed by atoms with Crippen LogP contribution >= 0.6 is 39.3 Å². The number of hydrogen-bond donors (Lipinski definition) is 0. The Bertz CT molecular complexity index is 1310. The summed E-state index contributed by atoms with van der Waals surface area (Å²) in [6, 6.07) is 18.7. The number of benzene rings is 3. The number of carbonyl (C=O) groups is 2. The minimum atomic E-state index is -0.529. The largest absolute Gasteiger partial charge is 0.488 e. The van der Waals surface area contributed by atoms with E-state index in [1.54, 1.807) is 42.5 Å². The maximum atomic E-state index is 12.8. The molecule has 0 radical (unpaired) electrons. The Morgan fingerprint density at radius 1 is 1.09 bits per heavy atom. The van der Waals surface area contributed by atoms with Crippen molar-refractivity contribution >= 4 is 62.2 Å². The summed E-state index contributed by atoms with van der Waals surface area (Å²) in [5.41, 5.74) is 1.82. The van der Waals surface area contributed by atoms with E-state index in [1.807, 2.05) is 12.1 Å². The molecule has 172 valence electrons. The van der Waals surface area contributed by atoms with Gasteiger partial charge in [0.2, 0.25) is 0 Å². The first kappa shape index (κ1) is 24.0. The lowest BCUT2D eigenvalue weighted by atomic mass is 10.1. The van der Waals surface area contributed by atoms with Crippen LogP contribution in [0.15, 0.2) is 76.1 Å². The number of amides is 2. The van der Waals surface area contributed by atoms with Crippen molar-refractivity contribution in [1.29, 1.82) is 0 Å². The van der Waals surface area contributed by atoms with E-state index in [2.05, 4.69) is 15.9 Å². The summed E-state index contributed by atoms with van der Waals surface area (Å²) >= 11 is 10.2. The number of para-hydroxylation sites is 1. The number of hydrogen-bond acceptors (Lipinski definition) is 6. The van der Waals surface area contributed by atoms with Crippen LogP contribution < -0.4 is 4.74 Å². The zero-order valence-electron chi connectivity index (χ0n) is 17.4. The number of ether oxygens (including phenoxy) is 1. The van der Waals surface area contributed by atoms with Gasteiger partial charge < -0.3 is 4.74 Å². The van der Waals surface area contributed by atoms with Crippen molar-refractivity contribution in [3.63, 3.8) is 0 Å². The molecule has 0 atom stereocenters. The molecule has 4 rings (SSSR count). The van der Waals surface area contributed by atoms with Gasteiger partial charge in [0, 0.05) is 16.7 Å². The van der Waals surface area contributed by atoms with Crippen molar-refractivity contribution in [2.24, 2.45) is 0 Å². The Kier molecular flexibility index (Phi) is 7.35. The standard InChI is InChI=1S/C24H16BrClN2O5S/c25-19-11-16(7-10-21(19)33-14-15-5-8-18(26)9-6-15)12-22-23(29)27(24(30)34-22)13-17-3-1-2-4-20(17)28(31)32/h1-12H,13-14H2. The average molecular weight is 560 g/mol. The highest BCUT2D eigenvalue weighted by atomic mass is 79.9. The molecule has 1 aliphatic rings. The van der Waals surface area contributed by atoms with Gasteiger partial charge in [-0.15, -0.1) is 0 Å². The highest BCUT2D eigenvalue weighted by Crippen LogP contribution is 2.35. The fourth-order valence-corrected chi connectivity index (χ4v) is 4.72. The molecule has 0 aromatic heterocycles. The molecule has 0 spiro atoms. The lowest BCUT2D eigenvalue weighted by molar-refractivity contribution is -0.385. The molecule has 0 saturated carbocycles. The fraction of sp³-hybridized carbons (Fsp3) is 0.0833. The molecule has 0 bridgehead atoms. The fourth-order valence-electron chi connectivity index (χ4n) is 3.25. The molecule has 1 aliphatic heterocycles. The first-order chi connectivity index (χ1) is 16.3. The van der Waals surface area contributed by atoms with Crippen LogP contribution in [0.4, 0.5) is 10.5 Å². The molecule has 0 unspecified atom stereocenters. The molecular formula is C24H16BrClN2O5S. The summed E-state index contributed by atoms with van der Waals surface area (Å²) < 4.78 is 6.53. The molecule has 1 heterocycles. The quantitative estimate of drug-likeness (QED) is 0.179. The average Bonchev–Trinajstić information content (AvgIpc) is 3.07. The zero-order valence-corrected chi connectivity index (χ0v) is 20.6. The lowest BCUT2D eigenvalue weighted by Gasteiger charge is -2.12. The van der Waals surface area contributed by atoms with Crippen LogP contribution in [0.3, 0.4) is 0 Å². The maximum absolute atomic E-state index is 12.8. The molecule has 1 saturated heterocycles. The number of nitrogens with zero attached hydrogens (tertiary/aromatic N) is 2. The predicted octanol–water partition coefficient (Wildman–Crippen LogP) is 6.83. The van der Waals surface area contributed by atoms with Gasteiger partial charge in [0.1, 0.15) is 12.4 Å². The monoisotopic (exact) mass is 558 g/mol. The number of nitro benzene ring substituents is 1. The number of carbonyl (C=O) groups excluding carboxylic acids is 2. The van der Waals surface area contributed by atoms with Gasteiger partial charge in [-0.3, -0.25) is 24.6 Å². The minimum Gasteiger partial charge on any atom is -0.488 e. The maximum Gasteiger partial charge on any atom is 0.293 e. The van der Waals surface area contributed by atoms with Crippen molar-refractivity contribution in [3.05, 3.63) is 108 Å². The van der Waals surface area contributed by atoms with Crippen molar-refractivity contribution in [1.82, 2.24) is 4.90 Å². The molecule has 3 aromatic rings. The van der Waals surface area contributed by atoms with Crippen molar-refractivity contribution in [3.8, 4) is 5.75 Å². The SMILES string of the molecule is O=C1SC(=Cc2ccc(OCc3ccc(Cl)cc3)c(Br)c2)C(=O)N1Cc1ccccc1[N+](=O)[O-]. The Hall–Kier alpha value is -3.14. The van der Waals surface area contributed by atoms with E-state index in [1.165, 1.54) is 18.2 Å². The smallest absolute Gasteiger partial charge is 0.293 e. The number of nitro groups is 1. The molecule has 10 heteroatoms. The summed E-state index contributed by atoms with van der Waals surface area (Å²) in [4.78, 5) is 37.3. The van der Waals surface area contributed by atoms with E-state index in [9.17, 15) is 19.7 Å². The normalized spacial score (nSPS) is 14.6. The van der Waals surface area contributed by atoms with Crippen LogP contribution in [0.2, 0.25) is 5.02 Å². The van der Waals surface area contributed by atoms with E-state index in [-0.39, 0.29) is 17.1 Å². The second-order valence-electron chi connectivity index (χ2n) is 7.26. The van der Waals surface area contributed by atoms with Crippen molar-refractivity contribution < 1.29 is 19.2 Å². The summed E-state index contributed by atoms with van der Waals surface area (Å²) in [5.74, 6) is 0.129. The highest BCUT2D eigenvalue weighted by Gasteiger charge is 2.36.